The summed E-state index contributed by atoms with van der Waals surface area (Å²) in [6.45, 7) is 18.6. The Morgan fingerprint density at radius 2 is 0.724 bits per heavy atom. The third kappa shape index (κ3) is 27.9. The van der Waals surface area contributed by atoms with Gasteiger partial charge in [-0.15, -0.1) is 0 Å². The van der Waals surface area contributed by atoms with Crippen molar-refractivity contribution >= 4 is 8.32 Å². The van der Waals surface area contributed by atoms with Crippen LogP contribution < -0.4 is 0 Å². The van der Waals surface area contributed by atoms with Gasteiger partial charge in [0.05, 0.1) is 98.6 Å². The topological polar surface area (TPSA) is 73.8 Å². The van der Waals surface area contributed by atoms with Crippen molar-refractivity contribution in [2.75, 3.05) is 92.5 Å². The summed E-state index contributed by atoms with van der Waals surface area (Å²) in [5.41, 5.74) is 0. The molecule has 0 radical (unpaired) electrons. The largest absolute Gasteiger partial charge is 0.415 e. The molecule has 8 nitrogen and oxygen atoms in total. The molecule has 0 aromatic carbocycles. The molecule has 176 valence electrons. The molecular weight excluding hydrogens is 396 g/mol. The molecule has 0 heterocycles. The first kappa shape index (κ1) is 28.9. The van der Waals surface area contributed by atoms with Crippen LogP contribution in [0.1, 0.15) is 13.8 Å². The molecule has 0 N–H and O–H groups in total. The van der Waals surface area contributed by atoms with Gasteiger partial charge in [-0.3, -0.25) is 0 Å². The van der Waals surface area contributed by atoms with E-state index in [1.54, 1.807) is 0 Å². The van der Waals surface area contributed by atoms with Gasteiger partial charge in [0.15, 0.2) is 8.32 Å². The minimum atomic E-state index is -1.43. The first-order valence-corrected chi connectivity index (χ1v) is 14.0. The molecule has 29 heavy (non-hydrogen) atoms. The van der Waals surface area contributed by atoms with Crippen molar-refractivity contribution in [3.8, 4) is 0 Å². The van der Waals surface area contributed by atoms with E-state index in [2.05, 4.69) is 19.6 Å². The average Bonchev–Trinajstić information content (AvgIpc) is 2.64. The predicted octanol–water partition coefficient (Wildman–Crippen LogP) is 2.36. The summed E-state index contributed by atoms with van der Waals surface area (Å²) in [5, 5.41) is 0. The lowest BCUT2D eigenvalue weighted by Crippen LogP contribution is -2.27. The third-order valence-corrected chi connectivity index (χ3v) is 4.37. The fraction of sp³-hybridized carbons (Fsp3) is 1.00. The van der Waals surface area contributed by atoms with Gasteiger partial charge in [0.2, 0.25) is 0 Å². The van der Waals surface area contributed by atoms with Crippen molar-refractivity contribution < 1.29 is 37.6 Å². The van der Waals surface area contributed by atoms with E-state index >= 15 is 0 Å². The molecule has 0 aromatic heterocycles. The van der Waals surface area contributed by atoms with Crippen LogP contribution in [0.15, 0.2) is 0 Å². The zero-order valence-corrected chi connectivity index (χ0v) is 20.2. The fourth-order valence-electron chi connectivity index (χ4n) is 1.95. The van der Waals surface area contributed by atoms with Crippen molar-refractivity contribution in [3.63, 3.8) is 0 Å². The predicted molar refractivity (Wildman–Crippen MR) is 115 cm³/mol. The lowest BCUT2D eigenvalue weighted by molar-refractivity contribution is -0.0243. The first-order chi connectivity index (χ1) is 13.9. The van der Waals surface area contributed by atoms with Crippen molar-refractivity contribution in [1.82, 2.24) is 0 Å². The smallest absolute Gasteiger partial charge is 0.183 e. The number of ether oxygens (including phenoxy) is 7. The number of hydrogen-bond acceptors (Lipinski definition) is 8. The zero-order valence-electron chi connectivity index (χ0n) is 19.2. The highest BCUT2D eigenvalue weighted by molar-refractivity contribution is 6.69. The van der Waals surface area contributed by atoms with Crippen molar-refractivity contribution in [3.05, 3.63) is 0 Å². The lowest BCUT2D eigenvalue weighted by Gasteiger charge is -2.16. The molecule has 0 fully saturated rings. The molecule has 0 saturated heterocycles. The second-order valence-corrected chi connectivity index (χ2v) is 12.1. The van der Waals surface area contributed by atoms with Crippen LogP contribution in [0, 0.1) is 0 Å². The Balaban J connectivity index is 3.03. The molecular formula is C20H44O8Si. The van der Waals surface area contributed by atoms with Crippen LogP contribution in [0.4, 0.5) is 0 Å². The second kappa shape index (κ2) is 21.1. The van der Waals surface area contributed by atoms with Crippen LogP contribution in [0.25, 0.3) is 0 Å². The maximum Gasteiger partial charge on any atom is 0.183 e. The lowest BCUT2D eigenvalue weighted by atomic mass is 10.5. The molecule has 0 atom stereocenters. The third-order valence-electron chi connectivity index (χ3n) is 3.30. The molecule has 0 bridgehead atoms. The molecule has 0 amide bonds. The molecule has 0 aliphatic rings. The van der Waals surface area contributed by atoms with Gasteiger partial charge in [0.1, 0.15) is 0 Å². The fourth-order valence-corrected chi connectivity index (χ4v) is 2.65. The minimum Gasteiger partial charge on any atom is -0.415 e. The van der Waals surface area contributed by atoms with Gasteiger partial charge in [-0.2, -0.15) is 0 Å². The average molecular weight is 441 g/mol. The summed E-state index contributed by atoms with van der Waals surface area (Å²) < 4.78 is 43.6. The first-order valence-electron chi connectivity index (χ1n) is 10.6. The summed E-state index contributed by atoms with van der Waals surface area (Å²) in [4.78, 5) is 0. The van der Waals surface area contributed by atoms with Crippen LogP contribution >= 0.6 is 0 Å². The van der Waals surface area contributed by atoms with Crippen molar-refractivity contribution in [2.24, 2.45) is 0 Å². The van der Waals surface area contributed by atoms with E-state index < -0.39 is 8.32 Å². The summed E-state index contributed by atoms with van der Waals surface area (Å²) in [6, 6.07) is 0. The van der Waals surface area contributed by atoms with Crippen molar-refractivity contribution in [2.45, 2.75) is 39.6 Å². The van der Waals surface area contributed by atoms with E-state index in [-0.39, 0.29) is 6.10 Å². The summed E-state index contributed by atoms with van der Waals surface area (Å²) >= 11 is 0. The van der Waals surface area contributed by atoms with E-state index in [0.29, 0.717) is 92.5 Å². The highest BCUT2D eigenvalue weighted by Gasteiger charge is 2.12. The number of hydrogen-bond donors (Lipinski definition) is 0. The maximum absolute atomic E-state index is 5.70. The second-order valence-electron chi connectivity index (χ2n) is 7.55. The maximum atomic E-state index is 5.70. The van der Waals surface area contributed by atoms with Gasteiger partial charge in [-0.25, -0.2) is 0 Å². The molecule has 0 spiro atoms. The normalized spacial score (nSPS) is 12.2. The van der Waals surface area contributed by atoms with Crippen LogP contribution in [-0.4, -0.2) is 107 Å². The van der Waals surface area contributed by atoms with Gasteiger partial charge >= 0.3 is 0 Å². The van der Waals surface area contributed by atoms with Crippen molar-refractivity contribution in [1.29, 1.82) is 0 Å². The zero-order chi connectivity index (χ0) is 21.6. The van der Waals surface area contributed by atoms with Gasteiger partial charge in [0, 0.05) is 0 Å². The van der Waals surface area contributed by atoms with E-state index in [9.17, 15) is 0 Å². The highest BCUT2D eigenvalue weighted by Crippen LogP contribution is 2.01. The molecule has 0 aromatic rings. The Morgan fingerprint density at radius 3 is 1.00 bits per heavy atom. The van der Waals surface area contributed by atoms with Gasteiger partial charge < -0.3 is 37.6 Å². The molecule has 0 aliphatic carbocycles. The van der Waals surface area contributed by atoms with Crippen LogP contribution in [0.3, 0.4) is 0 Å². The summed E-state index contributed by atoms with van der Waals surface area (Å²) in [7, 11) is -1.43. The minimum absolute atomic E-state index is 0.244. The molecule has 0 saturated carbocycles. The van der Waals surface area contributed by atoms with Crippen LogP contribution in [0.5, 0.6) is 0 Å². The van der Waals surface area contributed by atoms with Gasteiger partial charge in [0.25, 0.3) is 0 Å². The van der Waals surface area contributed by atoms with E-state index in [1.807, 2.05) is 13.8 Å². The van der Waals surface area contributed by atoms with E-state index in [1.165, 1.54) is 0 Å². The summed E-state index contributed by atoms with van der Waals surface area (Å²) in [5.74, 6) is 0. The molecule has 0 rings (SSSR count). The van der Waals surface area contributed by atoms with Gasteiger partial charge in [-0.1, -0.05) is 0 Å². The molecule has 9 heteroatoms. The van der Waals surface area contributed by atoms with E-state index in [4.69, 9.17) is 37.6 Å². The quantitative estimate of drug-likeness (QED) is 0.177. The molecule has 0 aliphatic heterocycles. The van der Waals surface area contributed by atoms with Crippen LogP contribution in [0.2, 0.25) is 19.6 Å². The molecule has 0 unspecified atom stereocenters. The van der Waals surface area contributed by atoms with Crippen LogP contribution in [-0.2, 0) is 37.6 Å². The summed E-state index contributed by atoms with van der Waals surface area (Å²) in [6.07, 6.45) is 0.244. The van der Waals surface area contributed by atoms with Gasteiger partial charge in [-0.05, 0) is 33.5 Å². The SMILES string of the molecule is CC(C)OCCOCCOCCOCCOCCOCCOCCO[Si](C)(C)C. The Kier molecular flexibility index (Phi) is 21.1. The Hall–Kier alpha value is -0.103. The Bertz CT molecular complexity index is 326. The monoisotopic (exact) mass is 440 g/mol. The Labute approximate surface area is 178 Å². The number of rotatable bonds is 23. The Morgan fingerprint density at radius 1 is 0.448 bits per heavy atom. The highest BCUT2D eigenvalue weighted by atomic mass is 28.4. The standard InChI is InChI=1S/C20H44O8Si/c1-20(2)27-18-16-25-14-12-23-10-8-21-6-7-22-9-11-24-13-15-26-17-19-28-29(3,4)5/h20H,6-19H2,1-5H3. The van der Waals surface area contributed by atoms with E-state index in [0.717, 1.165) is 0 Å².